The molecule has 0 unspecified atom stereocenters. The molecule has 0 fully saturated rings. The fourth-order valence-electron chi connectivity index (χ4n) is 1.64. The number of nitrogens with zero attached hydrogens (tertiary/aromatic N) is 2. The van der Waals surface area contributed by atoms with Gasteiger partial charge >= 0.3 is 0 Å². The SMILES string of the molecule is CC.CC.Cc1nn(C(C)C)c2ccccc12. The summed E-state index contributed by atoms with van der Waals surface area (Å²) in [6.45, 7) is 14.4. The van der Waals surface area contributed by atoms with Crippen LogP contribution in [0.3, 0.4) is 0 Å². The summed E-state index contributed by atoms with van der Waals surface area (Å²) in [5.41, 5.74) is 2.35. The largest absolute Gasteiger partial charge is 0.262 e. The smallest absolute Gasteiger partial charge is 0.0688 e. The fraction of sp³-hybridized carbons (Fsp3) is 0.533. The predicted molar refractivity (Wildman–Crippen MR) is 77.6 cm³/mol. The Balaban J connectivity index is 0.000000581. The zero-order valence-electron chi connectivity index (χ0n) is 12.3. The Hall–Kier alpha value is -1.31. The van der Waals surface area contributed by atoms with E-state index in [0.29, 0.717) is 6.04 Å². The number of aryl methyl sites for hydroxylation is 1. The molecule has 0 aliphatic rings. The third-order valence-electron chi connectivity index (χ3n) is 2.29. The lowest BCUT2D eigenvalue weighted by Crippen LogP contribution is -2.02. The van der Waals surface area contributed by atoms with E-state index >= 15 is 0 Å². The normalized spacial score (nSPS) is 9.41. The lowest BCUT2D eigenvalue weighted by molar-refractivity contribution is 0.547. The molecule has 2 heteroatoms. The van der Waals surface area contributed by atoms with Crippen LogP contribution >= 0.6 is 0 Å². The summed E-state index contributed by atoms with van der Waals surface area (Å²) < 4.78 is 2.07. The van der Waals surface area contributed by atoms with Crippen LogP contribution in [0.4, 0.5) is 0 Å². The molecule has 0 N–H and O–H groups in total. The van der Waals surface area contributed by atoms with Gasteiger partial charge in [-0.3, -0.25) is 4.68 Å². The van der Waals surface area contributed by atoms with Gasteiger partial charge in [-0.2, -0.15) is 5.10 Å². The highest BCUT2D eigenvalue weighted by Gasteiger charge is 2.07. The first-order chi connectivity index (χ1) is 8.20. The minimum absolute atomic E-state index is 0.429. The van der Waals surface area contributed by atoms with Crippen molar-refractivity contribution in [2.75, 3.05) is 0 Å². The highest BCUT2D eigenvalue weighted by atomic mass is 15.3. The second-order valence-corrected chi connectivity index (χ2v) is 3.64. The Bertz CT molecular complexity index is 427. The quantitative estimate of drug-likeness (QED) is 0.680. The molecule has 1 heterocycles. The Labute approximate surface area is 106 Å². The maximum atomic E-state index is 4.51. The van der Waals surface area contributed by atoms with E-state index in [1.807, 2.05) is 27.7 Å². The average molecular weight is 234 g/mol. The monoisotopic (exact) mass is 234 g/mol. The van der Waals surface area contributed by atoms with Crippen molar-refractivity contribution in [2.24, 2.45) is 0 Å². The second-order valence-electron chi connectivity index (χ2n) is 3.64. The van der Waals surface area contributed by atoms with Crippen LogP contribution in [-0.4, -0.2) is 9.78 Å². The summed E-state index contributed by atoms with van der Waals surface area (Å²) in [6, 6.07) is 8.79. The molecule has 0 radical (unpaired) electrons. The second kappa shape index (κ2) is 7.88. The molecule has 0 atom stereocenters. The number of benzene rings is 1. The first-order valence-electron chi connectivity index (χ1n) is 6.64. The van der Waals surface area contributed by atoms with Crippen LogP contribution in [0, 0.1) is 6.92 Å². The highest BCUT2D eigenvalue weighted by molar-refractivity contribution is 5.81. The lowest BCUT2D eigenvalue weighted by Gasteiger charge is -2.05. The molecule has 0 saturated heterocycles. The zero-order valence-corrected chi connectivity index (χ0v) is 12.3. The maximum Gasteiger partial charge on any atom is 0.0688 e. The van der Waals surface area contributed by atoms with Crippen LogP contribution in [0.1, 0.15) is 53.3 Å². The van der Waals surface area contributed by atoms with Gasteiger partial charge in [0.1, 0.15) is 0 Å². The minimum atomic E-state index is 0.429. The molecule has 96 valence electrons. The summed E-state index contributed by atoms with van der Waals surface area (Å²) in [6.07, 6.45) is 0. The van der Waals surface area contributed by atoms with Gasteiger partial charge in [-0.25, -0.2) is 0 Å². The highest BCUT2D eigenvalue weighted by Crippen LogP contribution is 2.20. The van der Waals surface area contributed by atoms with Crippen LogP contribution in [0.15, 0.2) is 24.3 Å². The van der Waals surface area contributed by atoms with Gasteiger partial charge in [-0.05, 0) is 26.8 Å². The first kappa shape index (κ1) is 15.7. The molecule has 2 aromatic rings. The van der Waals surface area contributed by atoms with Crippen LogP contribution in [0.2, 0.25) is 0 Å². The number of hydrogen-bond donors (Lipinski definition) is 0. The molecule has 2 nitrogen and oxygen atoms in total. The molecule has 1 aromatic heterocycles. The Morgan fingerprint density at radius 2 is 1.53 bits per heavy atom. The zero-order chi connectivity index (χ0) is 13.4. The fourth-order valence-corrected chi connectivity index (χ4v) is 1.64. The van der Waals surface area contributed by atoms with Crippen LogP contribution in [-0.2, 0) is 0 Å². The average Bonchev–Trinajstić information content (AvgIpc) is 2.73. The van der Waals surface area contributed by atoms with Gasteiger partial charge in [0.05, 0.1) is 11.2 Å². The van der Waals surface area contributed by atoms with Crippen molar-refractivity contribution in [1.29, 1.82) is 0 Å². The molecule has 2 rings (SSSR count). The Kier molecular flexibility index (Phi) is 7.27. The molecule has 0 amide bonds. The third-order valence-corrected chi connectivity index (χ3v) is 2.29. The minimum Gasteiger partial charge on any atom is -0.262 e. The number of para-hydroxylation sites is 1. The van der Waals surface area contributed by atoms with Gasteiger partial charge in [-0.15, -0.1) is 0 Å². The Morgan fingerprint density at radius 1 is 1.00 bits per heavy atom. The summed E-state index contributed by atoms with van der Waals surface area (Å²) >= 11 is 0. The molecule has 0 spiro atoms. The van der Waals surface area contributed by atoms with E-state index in [9.17, 15) is 0 Å². The molecule has 0 saturated carbocycles. The van der Waals surface area contributed by atoms with E-state index in [2.05, 4.69) is 54.8 Å². The van der Waals surface area contributed by atoms with Crippen molar-refractivity contribution >= 4 is 10.9 Å². The van der Waals surface area contributed by atoms with Crippen LogP contribution in [0.25, 0.3) is 10.9 Å². The Morgan fingerprint density at radius 3 is 2.06 bits per heavy atom. The summed E-state index contributed by atoms with van der Waals surface area (Å²) in [5, 5.41) is 5.77. The van der Waals surface area contributed by atoms with Gasteiger partial charge in [0, 0.05) is 11.4 Å². The predicted octanol–water partition coefficient (Wildman–Crippen LogP) is 4.98. The molecular formula is C15H26N2. The van der Waals surface area contributed by atoms with Crippen molar-refractivity contribution in [1.82, 2.24) is 9.78 Å². The van der Waals surface area contributed by atoms with Crippen LogP contribution < -0.4 is 0 Å². The van der Waals surface area contributed by atoms with E-state index in [1.165, 1.54) is 10.9 Å². The lowest BCUT2D eigenvalue weighted by atomic mass is 10.2. The van der Waals surface area contributed by atoms with Crippen molar-refractivity contribution in [3.05, 3.63) is 30.0 Å². The molecule has 17 heavy (non-hydrogen) atoms. The van der Waals surface area contributed by atoms with E-state index in [1.54, 1.807) is 0 Å². The molecule has 0 aliphatic heterocycles. The van der Waals surface area contributed by atoms with Gasteiger partial charge in [-0.1, -0.05) is 45.9 Å². The van der Waals surface area contributed by atoms with Gasteiger partial charge in [0.25, 0.3) is 0 Å². The summed E-state index contributed by atoms with van der Waals surface area (Å²) in [4.78, 5) is 0. The van der Waals surface area contributed by atoms with E-state index in [4.69, 9.17) is 0 Å². The van der Waals surface area contributed by atoms with Crippen molar-refractivity contribution in [3.63, 3.8) is 0 Å². The van der Waals surface area contributed by atoms with Crippen molar-refractivity contribution in [2.45, 2.75) is 54.5 Å². The summed E-state index contributed by atoms with van der Waals surface area (Å²) in [7, 11) is 0. The number of hydrogen-bond acceptors (Lipinski definition) is 1. The standard InChI is InChI=1S/C11H14N2.2C2H6/c1-8(2)13-11-7-5-4-6-10(11)9(3)12-13;2*1-2/h4-8H,1-3H3;2*1-2H3. The number of fused-ring (bicyclic) bond motifs is 1. The third kappa shape index (κ3) is 3.58. The van der Waals surface area contributed by atoms with Gasteiger partial charge in [0.2, 0.25) is 0 Å². The number of rotatable bonds is 1. The molecule has 0 aliphatic carbocycles. The molecule has 1 aromatic carbocycles. The summed E-state index contributed by atoms with van der Waals surface area (Å²) in [5.74, 6) is 0. The molecule has 0 bridgehead atoms. The molecular weight excluding hydrogens is 208 g/mol. The van der Waals surface area contributed by atoms with E-state index in [-0.39, 0.29) is 0 Å². The van der Waals surface area contributed by atoms with E-state index in [0.717, 1.165) is 5.69 Å². The van der Waals surface area contributed by atoms with Crippen molar-refractivity contribution in [3.8, 4) is 0 Å². The van der Waals surface area contributed by atoms with E-state index < -0.39 is 0 Å². The van der Waals surface area contributed by atoms with Crippen LogP contribution in [0.5, 0.6) is 0 Å². The topological polar surface area (TPSA) is 17.8 Å². The first-order valence-corrected chi connectivity index (χ1v) is 6.64. The van der Waals surface area contributed by atoms with Gasteiger partial charge < -0.3 is 0 Å². The maximum absolute atomic E-state index is 4.51. The van der Waals surface area contributed by atoms with Crippen molar-refractivity contribution < 1.29 is 0 Å². The number of aromatic nitrogens is 2. The van der Waals surface area contributed by atoms with Gasteiger partial charge in [0.15, 0.2) is 0 Å².